The Labute approximate surface area is 125 Å². The van der Waals surface area contributed by atoms with Gasteiger partial charge in [-0.25, -0.2) is 0 Å². The van der Waals surface area contributed by atoms with E-state index in [0.717, 1.165) is 4.88 Å². The van der Waals surface area contributed by atoms with Crippen LogP contribution >= 0.6 is 34.5 Å². The minimum Gasteiger partial charge on any atom is -0.495 e. The van der Waals surface area contributed by atoms with Crippen LogP contribution in [0.5, 0.6) is 11.5 Å². The Hall–Kier alpha value is -0.940. The number of benzene rings is 1. The predicted molar refractivity (Wildman–Crippen MR) is 77.9 cm³/mol. The third-order valence-electron chi connectivity index (χ3n) is 2.67. The largest absolute Gasteiger partial charge is 0.495 e. The maximum Gasteiger partial charge on any atom is 0.147 e. The monoisotopic (exact) mass is 318 g/mol. The molecule has 1 aromatic heterocycles. The molecular weight excluding hydrogens is 307 g/mol. The van der Waals surface area contributed by atoms with Crippen molar-refractivity contribution in [3.8, 4) is 11.5 Å². The summed E-state index contributed by atoms with van der Waals surface area (Å²) in [5, 5.41) is 10.7. The van der Waals surface area contributed by atoms with Gasteiger partial charge in [0.15, 0.2) is 0 Å². The van der Waals surface area contributed by atoms with Crippen molar-refractivity contribution in [2.75, 3.05) is 14.2 Å². The molecule has 0 fully saturated rings. The molecule has 2 aromatic rings. The Bertz CT molecular complexity index is 583. The number of halogens is 2. The number of hydrogen-bond donors (Lipinski definition) is 1. The van der Waals surface area contributed by atoms with Gasteiger partial charge in [0, 0.05) is 10.4 Å². The first-order chi connectivity index (χ1) is 9.08. The fourth-order valence-electron chi connectivity index (χ4n) is 1.76. The summed E-state index contributed by atoms with van der Waals surface area (Å²) < 4.78 is 11.0. The van der Waals surface area contributed by atoms with E-state index in [1.54, 1.807) is 24.3 Å². The second kappa shape index (κ2) is 6.01. The highest BCUT2D eigenvalue weighted by molar-refractivity contribution is 7.16. The Kier molecular flexibility index (Phi) is 4.58. The molecule has 0 saturated carbocycles. The first-order valence-corrected chi connectivity index (χ1v) is 6.99. The topological polar surface area (TPSA) is 38.7 Å². The van der Waals surface area contributed by atoms with E-state index in [2.05, 4.69) is 0 Å². The lowest BCUT2D eigenvalue weighted by atomic mass is 10.1. The van der Waals surface area contributed by atoms with E-state index in [4.69, 9.17) is 32.7 Å². The molecule has 19 heavy (non-hydrogen) atoms. The third kappa shape index (κ3) is 2.82. The normalized spacial score (nSPS) is 12.3. The molecule has 0 saturated heterocycles. The fraction of sp³-hybridized carbons (Fsp3) is 0.231. The number of methoxy groups -OCH3 is 2. The molecule has 1 unspecified atom stereocenters. The molecule has 1 aromatic carbocycles. The minimum atomic E-state index is -0.837. The van der Waals surface area contributed by atoms with Gasteiger partial charge < -0.3 is 14.6 Å². The Morgan fingerprint density at radius 3 is 2.37 bits per heavy atom. The molecule has 6 heteroatoms. The maximum atomic E-state index is 10.4. The van der Waals surface area contributed by atoms with E-state index in [9.17, 15) is 5.11 Å². The highest BCUT2D eigenvalue weighted by Crippen LogP contribution is 2.42. The number of ether oxygens (including phenoxy) is 2. The molecule has 0 aliphatic carbocycles. The summed E-state index contributed by atoms with van der Waals surface area (Å²) in [6.07, 6.45) is -0.837. The molecule has 0 spiro atoms. The van der Waals surface area contributed by atoms with Crippen molar-refractivity contribution in [1.82, 2.24) is 0 Å². The van der Waals surface area contributed by atoms with Crippen molar-refractivity contribution < 1.29 is 14.6 Å². The molecule has 0 amide bonds. The van der Waals surface area contributed by atoms with Gasteiger partial charge >= 0.3 is 0 Å². The van der Waals surface area contributed by atoms with Gasteiger partial charge in [-0.1, -0.05) is 23.2 Å². The third-order valence-corrected chi connectivity index (χ3v) is 4.32. The van der Waals surface area contributed by atoms with Crippen LogP contribution in [0, 0.1) is 0 Å². The van der Waals surface area contributed by atoms with Crippen LogP contribution in [0.15, 0.2) is 24.3 Å². The van der Waals surface area contributed by atoms with Crippen LogP contribution < -0.4 is 9.47 Å². The van der Waals surface area contributed by atoms with E-state index in [0.29, 0.717) is 26.4 Å². The van der Waals surface area contributed by atoms with Crippen molar-refractivity contribution in [2.45, 2.75) is 6.10 Å². The number of rotatable bonds is 4. The summed E-state index contributed by atoms with van der Waals surface area (Å²) in [6.45, 7) is 0. The first-order valence-electron chi connectivity index (χ1n) is 5.42. The fourth-order valence-corrected chi connectivity index (χ4v) is 3.15. The van der Waals surface area contributed by atoms with Crippen molar-refractivity contribution in [3.05, 3.63) is 44.1 Å². The summed E-state index contributed by atoms with van der Waals surface area (Å²) in [5.74, 6) is 0.900. The van der Waals surface area contributed by atoms with Crippen LogP contribution in [0.1, 0.15) is 16.5 Å². The van der Waals surface area contributed by atoms with Crippen LogP contribution in [0.4, 0.5) is 0 Å². The summed E-state index contributed by atoms with van der Waals surface area (Å²) in [6, 6.07) is 6.93. The van der Waals surface area contributed by atoms with Gasteiger partial charge in [0.2, 0.25) is 0 Å². The van der Waals surface area contributed by atoms with Crippen LogP contribution in [0.2, 0.25) is 9.36 Å². The highest BCUT2D eigenvalue weighted by Gasteiger charge is 2.21. The van der Waals surface area contributed by atoms with Crippen molar-refractivity contribution in [1.29, 1.82) is 0 Å². The van der Waals surface area contributed by atoms with Crippen molar-refractivity contribution >= 4 is 34.5 Å². The molecule has 2 rings (SSSR count). The molecule has 0 bridgehead atoms. The van der Waals surface area contributed by atoms with Crippen molar-refractivity contribution in [2.24, 2.45) is 0 Å². The van der Waals surface area contributed by atoms with Gasteiger partial charge in [0.1, 0.15) is 22.6 Å². The quantitative estimate of drug-likeness (QED) is 0.920. The molecule has 0 aliphatic heterocycles. The molecule has 1 N–H and O–H groups in total. The summed E-state index contributed by atoms with van der Waals surface area (Å²) >= 11 is 13.4. The maximum absolute atomic E-state index is 10.4. The van der Waals surface area contributed by atoms with E-state index < -0.39 is 6.10 Å². The van der Waals surface area contributed by atoms with Gasteiger partial charge in [-0.15, -0.1) is 11.3 Å². The van der Waals surface area contributed by atoms with E-state index >= 15 is 0 Å². The second-order valence-electron chi connectivity index (χ2n) is 3.75. The molecule has 102 valence electrons. The standard InChI is InChI=1S/C13H12Cl2O3S/c1-17-8-4-3-7(13(18-2)11(8)15)12(16)9-5-6-10(14)19-9/h3-6,12,16H,1-2H3. The van der Waals surface area contributed by atoms with Gasteiger partial charge in [-0.2, -0.15) is 0 Å². The molecular formula is C13H12Cl2O3S. The zero-order chi connectivity index (χ0) is 14.0. The average molecular weight is 319 g/mol. The smallest absolute Gasteiger partial charge is 0.147 e. The average Bonchev–Trinajstić information content (AvgIpc) is 2.84. The molecule has 3 nitrogen and oxygen atoms in total. The van der Waals surface area contributed by atoms with Gasteiger partial charge in [-0.05, 0) is 24.3 Å². The van der Waals surface area contributed by atoms with E-state index in [1.807, 2.05) is 0 Å². The summed E-state index contributed by atoms with van der Waals surface area (Å²) in [4.78, 5) is 0.726. The number of thiophene rings is 1. The van der Waals surface area contributed by atoms with E-state index in [1.165, 1.54) is 25.6 Å². The lowest BCUT2D eigenvalue weighted by Gasteiger charge is -2.16. The van der Waals surface area contributed by atoms with Crippen LogP contribution in [0.3, 0.4) is 0 Å². The van der Waals surface area contributed by atoms with Crippen LogP contribution in [0.25, 0.3) is 0 Å². The predicted octanol–water partition coefficient (Wildman–Crippen LogP) is 4.15. The summed E-state index contributed by atoms with van der Waals surface area (Å²) in [7, 11) is 3.02. The lowest BCUT2D eigenvalue weighted by Crippen LogP contribution is -2.02. The van der Waals surface area contributed by atoms with Crippen LogP contribution in [-0.2, 0) is 0 Å². The minimum absolute atomic E-state index is 0.337. The number of hydrogen-bond acceptors (Lipinski definition) is 4. The lowest BCUT2D eigenvalue weighted by molar-refractivity contribution is 0.218. The van der Waals surface area contributed by atoms with Gasteiger partial charge in [-0.3, -0.25) is 0 Å². The first kappa shape index (κ1) is 14.5. The summed E-state index contributed by atoms with van der Waals surface area (Å²) in [5.41, 5.74) is 0.576. The molecule has 1 atom stereocenters. The number of aliphatic hydroxyl groups excluding tert-OH is 1. The number of aliphatic hydroxyl groups is 1. The molecule has 0 aliphatic rings. The zero-order valence-electron chi connectivity index (χ0n) is 10.3. The van der Waals surface area contributed by atoms with E-state index in [-0.39, 0.29) is 0 Å². The Morgan fingerprint density at radius 1 is 1.11 bits per heavy atom. The zero-order valence-corrected chi connectivity index (χ0v) is 12.6. The van der Waals surface area contributed by atoms with Crippen molar-refractivity contribution in [3.63, 3.8) is 0 Å². The SMILES string of the molecule is COc1ccc(C(O)c2ccc(Cl)s2)c(OC)c1Cl. The van der Waals surface area contributed by atoms with Gasteiger partial charge in [0.05, 0.1) is 18.6 Å². The van der Waals surface area contributed by atoms with Gasteiger partial charge in [0.25, 0.3) is 0 Å². The molecule has 0 radical (unpaired) electrons. The second-order valence-corrected chi connectivity index (χ2v) is 5.87. The highest BCUT2D eigenvalue weighted by atomic mass is 35.5. The van der Waals surface area contributed by atoms with Crippen LogP contribution in [-0.4, -0.2) is 19.3 Å². The Balaban J connectivity index is 2.47. The molecule has 1 heterocycles. The Morgan fingerprint density at radius 2 is 1.84 bits per heavy atom.